The van der Waals surface area contributed by atoms with Crippen LogP contribution in [0.15, 0.2) is 36.4 Å². The van der Waals surface area contributed by atoms with Crippen LogP contribution in [0.3, 0.4) is 0 Å². The van der Waals surface area contributed by atoms with Gasteiger partial charge in [0.25, 0.3) is 5.78 Å². The summed E-state index contributed by atoms with van der Waals surface area (Å²) in [5.74, 6) is -0.348. The van der Waals surface area contributed by atoms with Gasteiger partial charge < -0.3 is 14.4 Å². The smallest absolute Gasteiger partial charge is 0.303 e. The molecule has 26 heavy (non-hydrogen) atoms. The van der Waals surface area contributed by atoms with Gasteiger partial charge in [0.05, 0.1) is 32.5 Å². The van der Waals surface area contributed by atoms with Crippen LogP contribution in [-0.4, -0.2) is 39.6 Å². The minimum atomic E-state index is -0.633. The Balaban J connectivity index is 1.79. The van der Waals surface area contributed by atoms with Gasteiger partial charge in [-0.1, -0.05) is 0 Å². The lowest BCUT2D eigenvalue weighted by Crippen LogP contribution is -3.09. The Bertz CT molecular complexity index is 869. The number of carbonyl (C=O) groups excluding carboxylic acids is 2. The molecule has 7 heteroatoms. The van der Waals surface area contributed by atoms with Crippen LogP contribution < -0.4 is 19.3 Å². The van der Waals surface area contributed by atoms with Crippen LogP contribution >= 0.6 is 0 Å². The Morgan fingerprint density at radius 2 is 1.85 bits per heavy atom. The first-order valence-corrected chi connectivity index (χ1v) is 8.12. The lowest BCUT2D eigenvalue weighted by molar-refractivity contribution is -0.892. The maximum Gasteiger partial charge on any atom is 0.303 e. The zero-order valence-corrected chi connectivity index (χ0v) is 14.8. The van der Waals surface area contributed by atoms with E-state index in [0.29, 0.717) is 23.7 Å². The fourth-order valence-corrected chi connectivity index (χ4v) is 3.07. The van der Waals surface area contributed by atoms with Gasteiger partial charge in [-0.15, -0.1) is 0 Å². The molecule has 1 aliphatic rings. The van der Waals surface area contributed by atoms with Crippen LogP contribution in [0.25, 0.3) is 0 Å². The van der Waals surface area contributed by atoms with Gasteiger partial charge >= 0.3 is 5.91 Å². The summed E-state index contributed by atoms with van der Waals surface area (Å²) < 4.78 is 24.1. The van der Waals surface area contributed by atoms with Gasteiger partial charge in [-0.2, -0.15) is 0 Å². The largest absolute Gasteiger partial charge is 0.497 e. The van der Waals surface area contributed by atoms with Crippen LogP contribution in [0.4, 0.5) is 10.1 Å². The third kappa shape index (κ3) is 3.25. The van der Waals surface area contributed by atoms with E-state index in [4.69, 9.17) is 9.47 Å². The lowest BCUT2D eigenvalue weighted by atomic mass is 10.1. The summed E-state index contributed by atoms with van der Waals surface area (Å²) in [5, 5.41) is 0. The fraction of sp³-hybridized carbons (Fsp3) is 0.263. The second kappa shape index (κ2) is 7.13. The topological polar surface area (TPSA) is 60.3 Å². The van der Waals surface area contributed by atoms with Crippen LogP contribution in [0.5, 0.6) is 11.5 Å². The zero-order chi connectivity index (χ0) is 18.8. The number of Topliss-reactive ketones (excluding diaryl/α,β-unsaturated/α-hetero) is 1. The van der Waals surface area contributed by atoms with Crippen LogP contribution in [0, 0.1) is 5.82 Å². The first-order valence-electron chi connectivity index (χ1n) is 8.12. The average Bonchev–Trinajstić information content (AvgIpc) is 2.86. The highest BCUT2D eigenvalue weighted by atomic mass is 19.1. The van der Waals surface area contributed by atoms with Crippen molar-refractivity contribution in [2.24, 2.45) is 0 Å². The number of carbonyl (C=O) groups is 2. The Kier molecular flexibility index (Phi) is 4.90. The number of halogens is 1. The van der Waals surface area contributed by atoms with Gasteiger partial charge in [0, 0.05) is 11.6 Å². The monoisotopic (exact) mass is 359 g/mol. The highest BCUT2D eigenvalue weighted by molar-refractivity contribution is 6.52. The zero-order valence-electron chi connectivity index (χ0n) is 14.8. The summed E-state index contributed by atoms with van der Waals surface area (Å²) in [7, 11) is 5.05. The van der Waals surface area contributed by atoms with Crippen molar-refractivity contribution < 1.29 is 28.4 Å². The van der Waals surface area contributed by atoms with Crippen LogP contribution in [0.1, 0.15) is 15.9 Å². The molecule has 0 radical (unpaired) electrons. The summed E-state index contributed by atoms with van der Waals surface area (Å²) in [5.41, 5.74) is 1.50. The quantitative estimate of drug-likeness (QED) is 0.783. The lowest BCUT2D eigenvalue weighted by Gasteiger charge is -2.22. The maximum atomic E-state index is 13.6. The molecule has 6 nitrogen and oxygen atoms in total. The number of nitrogens with one attached hydrogen (secondary N) is 1. The Labute approximate surface area is 150 Å². The van der Waals surface area contributed by atoms with E-state index in [9.17, 15) is 14.0 Å². The molecule has 0 aliphatic carbocycles. The normalized spacial score (nSPS) is 14.4. The van der Waals surface area contributed by atoms with Crippen molar-refractivity contribution in [2.45, 2.75) is 6.54 Å². The number of fused-ring (bicyclic) bond motifs is 1. The van der Waals surface area contributed by atoms with E-state index in [2.05, 4.69) is 0 Å². The highest BCUT2D eigenvalue weighted by Gasteiger charge is 2.37. The number of anilines is 1. The van der Waals surface area contributed by atoms with E-state index < -0.39 is 17.5 Å². The van der Waals surface area contributed by atoms with E-state index in [1.165, 1.54) is 23.1 Å². The van der Waals surface area contributed by atoms with Crippen molar-refractivity contribution in [3.8, 4) is 11.5 Å². The molecule has 1 atom stereocenters. The third-order valence-electron chi connectivity index (χ3n) is 4.35. The van der Waals surface area contributed by atoms with Crippen LogP contribution in [-0.2, 0) is 11.3 Å². The first kappa shape index (κ1) is 17.9. The molecule has 1 N–H and O–H groups in total. The number of hydrogen-bond acceptors (Lipinski definition) is 4. The van der Waals surface area contributed by atoms with E-state index in [0.717, 1.165) is 10.5 Å². The van der Waals surface area contributed by atoms with Crippen molar-refractivity contribution in [2.75, 3.05) is 32.8 Å². The first-order chi connectivity index (χ1) is 12.4. The molecule has 0 saturated heterocycles. The second-order valence-corrected chi connectivity index (χ2v) is 6.19. The Hall–Kier alpha value is -2.93. The summed E-state index contributed by atoms with van der Waals surface area (Å²) in [6.45, 7) is 0.784. The molecule has 136 valence electrons. The maximum absolute atomic E-state index is 13.6. The number of ketones is 1. The average molecular weight is 359 g/mol. The van der Waals surface area contributed by atoms with Crippen molar-refractivity contribution in [3.05, 3.63) is 53.3 Å². The van der Waals surface area contributed by atoms with E-state index in [1.54, 1.807) is 20.3 Å². The molecule has 0 saturated carbocycles. The van der Waals surface area contributed by atoms with Gasteiger partial charge in [-0.3, -0.25) is 14.5 Å². The number of hydrogen-bond donors (Lipinski definition) is 1. The summed E-state index contributed by atoms with van der Waals surface area (Å²) >= 11 is 0. The molecular weight excluding hydrogens is 339 g/mol. The Morgan fingerprint density at radius 3 is 2.54 bits per heavy atom. The number of amides is 1. The predicted molar refractivity (Wildman–Crippen MR) is 93.2 cm³/mol. The summed E-state index contributed by atoms with van der Waals surface area (Å²) in [6, 6.07) is 9.28. The van der Waals surface area contributed by atoms with E-state index in [-0.39, 0.29) is 12.2 Å². The van der Waals surface area contributed by atoms with E-state index in [1.807, 2.05) is 19.2 Å². The molecular formula is C19H20FN2O4+. The van der Waals surface area contributed by atoms with Crippen molar-refractivity contribution >= 4 is 17.4 Å². The van der Waals surface area contributed by atoms with Crippen LogP contribution in [0.2, 0.25) is 0 Å². The third-order valence-corrected chi connectivity index (χ3v) is 4.35. The summed E-state index contributed by atoms with van der Waals surface area (Å²) in [4.78, 5) is 26.6. The standard InChI is InChI=1S/C19H19FN2O4/c1-21(10-12-4-6-14(25-2)9-17(12)26-3)11-22-16-8-13(20)5-7-15(16)18(23)19(22)24/h4-9H,10-11H2,1-3H3/p+1. The number of nitrogens with zero attached hydrogens (tertiary/aromatic N) is 1. The molecule has 0 spiro atoms. The number of rotatable bonds is 6. The number of methoxy groups -OCH3 is 2. The van der Waals surface area contributed by atoms with Crippen molar-refractivity contribution in [3.63, 3.8) is 0 Å². The number of ether oxygens (including phenoxy) is 2. The minimum Gasteiger partial charge on any atom is -0.497 e. The number of quaternary nitrogens is 1. The van der Waals surface area contributed by atoms with Crippen molar-refractivity contribution in [1.82, 2.24) is 0 Å². The molecule has 3 rings (SSSR count). The molecule has 2 aromatic rings. The highest BCUT2D eigenvalue weighted by Crippen LogP contribution is 2.29. The second-order valence-electron chi connectivity index (χ2n) is 6.19. The number of benzene rings is 2. The molecule has 1 aliphatic heterocycles. The molecule has 0 fully saturated rings. The fourth-order valence-electron chi connectivity index (χ4n) is 3.07. The molecule has 2 aromatic carbocycles. The molecule has 1 heterocycles. The van der Waals surface area contributed by atoms with Crippen molar-refractivity contribution in [1.29, 1.82) is 0 Å². The molecule has 1 unspecified atom stereocenters. The Morgan fingerprint density at radius 1 is 1.08 bits per heavy atom. The molecule has 0 aromatic heterocycles. The van der Waals surface area contributed by atoms with Gasteiger partial charge in [0.15, 0.2) is 6.67 Å². The SMILES string of the molecule is COc1ccc(C[NH+](C)CN2C(=O)C(=O)c3ccc(F)cc32)c(OC)c1. The molecule has 1 amide bonds. The minimum absolute atomic E-state index is 0.232. The van der Waals surface area contributed by atoms with Gasteiger partial charge in [-0.25, -0.2) is 4.39 Å². The molecule has 0 bridgehead atoms. The van der Waals surface area contributed by atoms with Gasteiger partial charge in [0.1, 0.15) is 23.9 Å². The predicted octanol–water partition coefficient (Wildman–Crippen LogP) is 1.04. The summed E-state index contributed by atoms with van der Waals surface area (Å²) in [6.07, 6.45) is 0. The van der Waals surface area contributed by atoms with Gasteiger partial charge in [0.2, 0.25) is 0 Å². The van der Waals surface area contributed by atoms with E-state index >= 15 is 0 Å². The van der Waals surface area contributed by atoms with Gasteiger partial charge in [-0.05, 0) is 30.3 Å².